The minimum Gasteiger partial charge on any atom is -0.376 e. The summed E-state index contributed by atoms with van der Waals surface area (Å²) in [6.07, 6.45) is 2.46. The van der Waals surface area contributed by atoms with Crippen LogP contribution in [0.1, 0.15) is 40.7 Å². The third kappa shape index (κ3) is 3.39. The lowest BCUT2D eigenvalue weighted by Gasteiger charge is -2.35. The summed E-state index contributed by atoms with van der Waals surface area (Å²) in [5, 5.41) is 3.80. The molecule has 2 bridgehead atoms. The molecule has 1 aromatic rings. The van der Waals surface area contributed by atoms with E-state index in [0.717, 1.165) is 30.5 Å². The molecule has 1 saturated heterocycles. The van der Waals surface area contributed by atoms with Gasteiger partial charge in [0.2, 0.25) is 0 Å². The molecule has 144 valence electrons. The molecule has 2 aliphatic heterocycles. The first-order chi connectivity index (χ1) is 13.0. The molecule has 3 unspecified atom stereocenters. The maximum atomic E-state index is 13.0. The first-order valence-corrected chi connectivity index (χ1v) is 9.96. The Labute approximate surface area is 164 Å². The highest BCUT2D eigenvalue weighted by Crippen LogP contribution is 2.39. The lowest BCUT2D eigenvalue weighted by Crippen LogP contribution is -2.52. The second-order valence-electron chi connectivity index (χ2n) is 7.88. The number of piperidine rings is 1. The van der Waals surface area contributed by atoms with E-state index in [0.29, 0.717) is 35.1 Å². The van der Waals surface area contributed by atoms with Crippen molar-refractivity contribution in [1.29, 1.82) is 0 Å². The van der Waals surface area contributed by atoms with E-state index in [1.807, 2.05) is 36.9 Å². The number of amides is 2. The largest absolute Gasteiger partial charge is 0.376 e. The van der Waals surface area contributed by atoms with Gasteiger partial charge in [-0.3, -0.25) is 9.59 Å². The molecule has 5 nitrogen and oxygen atoms in total. The summed E-state index contributed by atoms with van der Waals surface area (Å²) in [7, 11) is 0. The Balaban J connectivity index is 1.49. The Morgan fingerprint density at radius 3 is 2.81 bits per heavy atom. The van der Waals surface area contributed by atoms with E-state index in [9.17, 15) is 9.59 Å². The second kappa shape index (κ2) is 7.28. The monoisotopic (exact) mass is 388 g/mol. The van der Waals surface area contributed by atoms with E-state index in [1.165, 1.54) is 0 Å². The van der Waals surface area contributed by atoms with Crippen LogP contribution in [0.4, 0.5) is 0 Å². The fourth-order valence-electron chi connectivity index (χ4n) is 4.57. The number of nitrogens with zero attached hydrogens (tertiary/aromatic N) is 1. The number of rotatable bonds is 3. The summed E-state index contributed by atoms with van der Waals surface area (Å²) < 4.78 is 5.43. The molecule has 3 atom stereocenters. The summed E-state index contributed by atoms with van der Waals surface area (Å²) in [5.74, 6) is 0.351. The van der Waals surface area contributed by atoms with Crippen molar-refractivity contribution in [2.24, 2.45) is 5.92 Å². The summed E-state index contributed by atoms with van der Waals surface area (Å²) in [6, 6.07) is 5.80. The Kier molecular flexibility index (Phi) is 4.99. The van der Waals surface area contributed by atoms with Crippen LogP contribution < -0.4 is 5.32 Å². The molecular weight excluding hydrogens is 364 g/mol. The van der Waals surface area contributed by atoms with Crippen LogP contribution in [-0.2, 0) is 9.53 Å². The lowest BCUT2D eigenvalue weighted by molar-refractivity contribution is -0.130. The summed E-state index contributed by atoms with van der Waals surface area (Å²) in [6.45, 7) is 5.57. The number of carbonyl (C=O) groups is 2. The molecule has 2 amide bonds. The fourth-order valence-corrected chi connectivity index (χ4v) is 4.79. The standard InChI is InChI=1S/C21H25ClN2O3/c1-12-4-3-5-15(13(12)2)20(25)23-18-8-14-9-19(18)24(10-14)21(26)16-11-27-7-6-17(16)22/h3-5,14,18-19H,6-11H2,1-2H3,(H,23,25). The maximum Gasteiger partial charge on any atom is 0.253 e. The van der Waals surface area contributed by atoms with Crippen LogP contribution in [0.25, 0.3) is 0 Å². The van der Waals surface area contributed by atoms with Gasteiger partial charge in [0.25, 0.3) is 11.8 Å². The van der Waals surface area contributed by atoms with Crippen molar-refractivity contribution in [1.82, 2.24) is 10.2 Å². The normalized spacial score (nSPS) is 27.2. The third-order valence-corrected chi connectivity index (χ3v) is 6.62. The highest BCUT2D eigenvalue weighted by Gasteiger charge is 2.48. The predicted octanol–water partition coefficient (Wildman–Crippen LogP) is 2.94. The van der Waals surface area contributed by atoms with Gasteiger partial charge >= 0.3 is 0 Å². The van der Waals surface area contributed by atoms with Crippen LogP contribution in [0, 0.1) is 19.8 Å². The molecule has 1 aromatic carbocycles. The topological polar surface area (TPSA) is 58.6 Å². The number of halogens is 1. The van der Waals surface area contributed by atoms with Gasteiger partial charge < -0.3 is 15.0 Å². The first kappa shape index (κ1) is 18.5. The van der Waals surface area contributed by atoms with Crippen LogP contribution in [0.15, 0.2) is 28.8 Å². The zero-order valence-corrected chi connectivity index (χ0v) is 16.5. The van der Waals surface area contributed by atoms with E-state index >= 15 is 0 Å². The van der Waals surface area contributed by atoms with Gasteiger partial charge in [-0.1, -0.05) is 23.7 Å². The van der Waals surface area contributed by atoms with Crippen molar-refractivity contribution in [3.8, 4) is 0 Å². The molecular formula is C21H25ClN2O3. The van der Waals surface area contributed by atoms with E-state index in [1.54, 1.807) is 0 Å². The van der Waals surface area contributed by atoms with Gasteiger partial charge in [0.15, 0.2) is 0 Å². The highest BCUT2D eigenvalue weighted by molar-refractivity contribution is 6.32. The zero-order chi connectivity index (χ0) is 19.1. The van der Waals surface area contributed by atoms with Gasteiger partial charge in [0.1, 0.15) is 0 Å². The number of fused-ring (bicyclic) bond motifs is 2. The second-order valence-corrected chi connectivity index (χ2v) is 8.33. The van der Waals surface area contributed by atoms with Gasteiger partial charge in [0, 0.05) is 29.6 Å². The van der Waals surface area contributed by atoms with Gasteiger partial charge in [-0.25, -0.2) is 0 Å². The molecule has 6 heteroatoms. The SMILES string of the molecule is Cc1cccc(C(=O)NC2CC3CC2N(C(=O)C2=C(Cl)CCOC2)C3)c1C. The van der Waals surface area contributed by atoms with Crippen molar-refractivity contribution < 1.29 is 14.3 Å². The summed E-state index contributed by atoms with van der Waals surface area (Å²) >= 11 is 6.27. The minimum atomic E-state index is -0.0561. The van der Waals surface area contributed by atoms with Crippen molar-refractivity contribution >= 4 is 23.4 Å². The van der Waals surface area contributed by atoms with Crippen molar-refractivity contribution in [2.45, 2.75) is 45.2 Å². The smallest absolute Gasteiger partial charge is 0.253 e. The molecule has 27 heavy (non-hydrogen) atoms. The molecule has 2 fully saturated rings. The molecule has 1 saturated carbocycles. The van der Waals surface area contributed by atoms with Gasteiger partial charge in [-0.15, -0.1) is 0 Å². The van der Waals surface area contributed by atoms with Crippen molar-refractivity contribution in [3.05, 3.63) is 45.5 Å². The average Bonchev–Trinajstić information content (AvgIpc) is 3.24. The summed E-state index contributed by atoms with van der Waals surface area (Å²) in [4.78, 5) is 27.7. The third-order valence-electron chi connectivity index (χ3n) is 6.21. The van der Waals surface area contributed by atoms with Crippen LogP contribution in [0.3, 0.4) is 0 Å². The van der Waals surface area contributed by atoms with Gasteiger partial charge in [0.05, 0.1) is 24.8 Å². The average molecular weight is 389 g/mol. The van der Waals surface area contributed by atoms with E-state index in [2.05, 4.69) is 5.32 Å². The highest BCUT2D eigenvalue weighted by atomic mass is 35.5. The number of benzene rings is 1. The Hall–Kier alpha value is -1.85. The Morgan fingerprint density at radius 1 is 1.26 bits per heavy atom. The van der Waals surface area contributed by atoms with Crippen LogP contribution in [0.2, 0.25) is 0 Å². The molecule has 0 aromatic heterocycles. The maximum absolute atomic E-state index is 13.0. The molecule has 0 spiro atoms. The quantitative estimate of drug-likeness (QED) is 0.866. The van der Waals surface area contributed by atoms with E-state index in [-0.39, 0.29) is 30.5 Å². The molecule has 4 rings (SSSR count). The Bertz CT molecular complexity index is 820. The van der Waals surface area contributed by atoms with Crippen LogP contribution in [0.5, 0.6) is 0 Å². The van der Waals surface area contributed by atoms with E-state index in [4.69, 9.17) is 16.3 Å². The fraction of sp³-hybridized carbons (Fsp3) is 0.524. The molecule has 3 aliphatic rings. The van der Waals surface area contributed by atoms with Crippen LogP contribution in [-0.4, -0.2) is 48.6 Å². The number of likely N-dealkylation sites (tertiary alicyclic amines) is 1. The first-order valence-electron chi connectivity index (χ1n) is 9.59. The predicted molar refractivity (Wildman–Crippen MR) is 104 cm³/mol. The van der Waals surface area contributed by atoms with Crippen LogP contribution >= 0.6 is 11.6 Å². The van der Waals surface area contributed by atoms with Gasteiger partial charge in [-0.2, -0.15) is 0 Å². The number of ether oxygens (including phenoxy) is 1. The number of nitrogens with one attached hydrogen (secondary N) is 1. The van der Waals surface area contributed by atoms with Gasteiger partial charge in [-0.05, 0) is 49.8 Å². The zero-order valence-electron chi connectivity index (χ0n) is 15.8. The Morgan fingerprint density at radius 2 is 2.07 bits per heavy atom. The number of hydrogen-bond acceptors (Lipinski definition) is 3. The molecule has 1 aliphatic carbocycles. The minimum absolute atomic E-state index is 0.0102. The summed E-state index contributed by atoms with van der Waals surface area (Å²) in [5.41, 5.74) is 3.39. The van der Waals surface area contributed by atoms with Crippen molar-refractivity contribution in [3.63, 3.8) is 0 Å². The molecule has 1 N–H and O–H groups in total. The molecule has 0 radical (unpaired) electrons. The molecule has 2 heterocycles. The number of aryl methyl sites for hydroxylation is 1. The lowest BCUT2D eigenvalue weighted by atomic mass is 10.0. The number of carbonyl (C=O) groups excluding carboxylic acids is 2. The van der Waals surface area contributed by atoms with Crippen molar-refractivity contribution in [2.75, 3.05) is 19.8 Å². The van der Waals surface area contributed by atoms with E-state index < -0.39 is 0 Å². The number of hydrogen-bond donors (Lipinski definition) is 1.